The monoisotopic (exact) mass is 296 g/mol. The molecular weight excluding hydrogens is 280 g/mol. The van der Waals surface area contributed by atoms with E-state index in [1.807, 2.05) is 4.90 Å². The highest BCUT2D eigenvalue weighted by molar-refractivity contribution is 8.00. The topological polar surface area (TPSA) is 40.6 Å². The highest BCUT2D eigenvalue weighted by Gasteiger charge is 2.31. The van der Waals surface area contributed by atoms with Gasteiger partial charge >= 0.3 is 0 Å². The molecule has 2 aliphatic rings. The first-order chi connectivity index (χ1) is 9.16. The second kappa shape index (κ2) is 5.17. The number of fused-ring (bicyclic) bond motifs is 1. The zero-order valence-electron chi connectivity index (χ0n) is 10.8. The van der Waals surface area contributed by atoms with E-state index in [4.69, 9.17) is 0 Å². The molecule has 0 N–H and O–H groups in total. The minimum atomic E-state index is 0.0696. The number of hydrogen-bond donors (Lipinski definition) is 0. The summed E-state index contributed by atoms with van der Waals surface area (Å²) < 4.78 is 0. The van der Waals surface area contributed by atoms with Crippen molar-refractivity contribution >= 4 is 34.9 Å². The molecule has 1 fully saturated rings. The van der Waals surface area contributed by atoms with Gasteiger partial charge in [0.15, 0.2) is 0 Å². The van der Waals surface area contributed by atoms with Crippen LogP contribution in [0.5, 0.6) is 0 Å². The van der Waals surface area contributed by atoms with Crippen molar-refractivity contribution in [2.24, 2.45) is 0 Å². The molecule has 4 nitrogen and oxygen atoms in total. The van der Waals surface area contributed by atoms with E-state index in [9.17, 15) is 9.59 Å². The van der Waals surface area contributed by atoms with Crippen LogP contribution in [0, 0.1) is 0 Å². The second-order valence-corrected chi connectivity index (χ2v) is 6.84. The lowest BCUT2D eigenvalue weighted by molar-refractivity contribution is -0.139. The molecule has 0 unspecified atom stereocenters. The van der Waals surface area contributed by atoms with Gasteiger partial charge in [-0.25, -0.2) is 0 Å². The third-order valence-corrected chi connectivity index (χ3v) is 5.69. The van der Waals surface area contributed by atoms with Crippen LogP contribution in [0.3, 0.4) is 0 Å². The molecule has 0 spiro atoms. The average Bonchev–Trinajstić information content (AvgIpc) is 3.00. The van der Waals surface area contributed by atoms with Gasteiger partial charge in [0, 0.05) is 11.4 Å². The van der Waals surface area contributed by atoms with Gasteiger partial charge in [-0.05, 0) is 30.4 Å². The van der Waals surface area contributed by atoms with E-state index in [1.54, 1.807) is 28.0 Å². The summed E-state index contributed by atoms with van der Waals surface area (Å²) >= 11 is 3.35. The fourth-order valence-corrected chi connectivity index (χ4v) is 4.51. The van der Waals surface area contributed by atoms with Crippen molar-refractivity contribution < 1.29 is 9.59 Å². The third kappa shape index (κ3) is 2.39. The van der Waals surface area contributed by atoms with Gasteiger partial charge in [-0.2, -0.15) is 0 Å². The first-order valence-corrected chi connectivity index (χ1v) is 8.41. The van der Waals surface area contributed by atoms with Crippen LogP contribution in [0.25, 0.3) is 0 Å². The van der Waals surface area contributed by atoms with E-state index in [0.717, 1.165) is 13.0 Å². The predicted molar refractivity (Wildman–Crippen MR) is 77.2 cm³/mol. The van der Waals surface area contributed by atoms with Gasteiger partial charge in [0.1, 0.15) is 6.54 Å². The van der Waals surface area contributed by atoms with Crippen molar-refractivity contribution in [1.82, 2.24) is 9.80 Å². The smallest absolute Gasteiger partial charge is 0.242 e. The van der Waals surface area contributed by atoms with E-state index >= 15 is 0 Å². The Hall–Kier alpha value is -1.01. The number of carbonyl (C=O) groups excluding carboxylic acids is 2. The maximum absolute atomic E-state index is 12.4. The van der Waals surface area contributed by atoms with Crippen LogP contribution in [-0.2, 0) is 16.0 Å². The molecule has 2 aliphatic heterocycles. The van der Waals surface area contributed by atoms with E-state index in [0.29, 0.717) is 11.6 Å². The Labute approximate surface area is 120 Å². The molecule has 19 heavy (non-hydrogen) atoms. The average molecular weight is 296 g/mol. The van der Waals surface area contributed by atoms with Gasteiger partial charge in [0.2, 0.25) is 11.8 Å². The molecule has 102 valence electrons. The number of amides is 2. The van der Waals surface area contributed by atoms with Crippen LogP contribution in [-0.4, -0.2) is 46.3 Å². The van der Waals surface area contributed by atoms with Crippen molar-refractivity contribution in [2.45, 2.75) is 19.4 Å². The number of nitrogens with zero attached hydrogens (tertiary/aromatic N) is 2. The molecule has 3 heterocycles. The van der Waals surface area contributed by atoms with E-state index in [2.05, 4.69) is 18.4 Å². The van der Waals surface area contributed by atoms with Gasteiger partial charge in [0.05, 0.1) is 17.7 Å². The number of thioether (sulfide) groups is 1. The van der Waals surface area contributed by atoms with E-state index in [1.165, 1.54) is 10.4 Å². The van der Waals surface area contributed by atoms with Crippen molar-refractivity contribution in [3.63, 3.8) is 0 Å². The molecule has 0 radical (unpaired) electrons. The molecule has 0 saturated carbocycles. The SMILES string of the molecule is C[C@@H]1c2ccsc2CCN1C(=O)CN1CSCC1=O. The maximum Gasteiger partial charge on any atom is 0.242 e. The van der Waals surface area contributed by atoms with Crippen LogP contribution in [0.1, 0.15) is 23.4 Å². The van der Waals surface area contributed by atoms with Crippen LogP contribution in [0.4, 0.5) is 0 Å². The molecule has 0 aliphatic carbocycles. The van der Waals surface area contributed by atoms with Gasteiger partial charge in [-0.3, -0.25) is 9.59 Å². The quantitative estimate of drug-likeness (QED) is 0.834. The first kappa shape index (κ1) is 13.0. The Morgan fingerprint density at radius 1 is 1.53 bits per heavy atom. The highest BCUT2D eigenvalue weighted by Crippen LogP contribution is 2.33. The fourth-order valence-electron chi connectivity index (χ4n) is 2.64. The lowest BCUT2D eigenvalue weighted by atomic mass is 10.0. The zero-order chi connectivity index (χ0) is 13.4. The Balaban J connectivity index is 1.69. The molecule has 3 rings (SSSR count). The molecular formula is C13H16N2O2S2. The van der Waals surface area contributed by atoms with Gasteiger partial charge in [-0.1, -0.05) is 0 Å². The Bertz CT molecular complexity index is 514. The summed E-state index contributed by atoms with van der Waals surface area (Å²) in [6.45, 7) is 3.07. The van der Waals surface area contributed by atoms with Crippen LogP contribution in [0.2, 0.25) is 0 Å². The number of rotatable bonds is 2. The summed E-state index contributed by atoms with van der Waals surface area (Å²) in [7, 11) is 0. The molecule has 0 aromatic carbocycles. The summed E-state index contributed by atoms with van der Waals surface area (Å²) in [5.74, 6) is 1.31. The first-order valence-electron chi connectivity index (χ1n) is 6.38. The van der Waals surface area contributed by atoms with Gasteiger partial charge in [0.25, 0.3) is 0 Å². The van der Waals surface area contributed by atoms with Crippen molar-refractivity contribution in [3.8, 4) is 0 Å². The van der Waals surface area contributed by atoms with Gasteiger partial charge < -0.3 is 9.80 Å². The van der Waals surface area contributed by atoms with E-state index < -0.39 is 0 Å². The second-order valence-electron chi connectivity index (χ2n) is 4.88. The summed E-state index contributed by atoms with van der Waals surface area (Å²) in [5.41, 5.74) is 1.27. The molecule has 0 bridgehead atoms. The molecule has 2 amide bonds. The molecule has 1 saturated heterocycles. The summed E-state index contributed by atoms with van der Waals surface area (Å²) in [4.78, 5) is 28.9. The largest absolute Gasteiger partial charge is 0.334 e. The lowest BCUT2D eigenvalue weighted by Gasteiger charge is -2.34. The van der Waals surface area contributed by atoms with Crippen LogP contribution < -0.4 is 0 Å². The normalized spacial score (nSPS) is 22.8. The van der Waals surface area contributed by atoms with Crippen LogP contribution >= 0.6 is 23.1 Å². The summed E-state index contributed by atoms with van der Waals surface area (Å²) in [6, 6.07) is 2.24. The van der Waals surface area contributed by atoms with Crippen molar-refractivity contribution in [2.75, 3.05) is 24.7 Å². The Kier molecular flexibility index (Phi) is 3.54. The maximum atomic E-state index is 12.4. The van der Waals surface area contributed by atoms with Gasteiger partial charge in [-0.15, -0.1) is 23.1 Å². The third-order valence-electron chi connectivity index (χ3n) is 3.75. The minimum Gasteiger partial charge on any atom is -0.334 e. The lowest BCUT2D eigenvalue weighted by Crippen LogP contribution is -2.44. The van der Waals surface area contributed by atoms with Crippen LogP contribution in [0.15, 0.2) is 11.4 Å². The Morgan fingerprint density at radius 3 is 3.11 bits per heavy atom. The summed E-state index contributed by atoms with van der Waals surface area (Å²) in [5, 5.41) is 2.09. The predicted octanol–water partition coefficient (Wildman–Crippen LogP) is 1.73. The fraction of sp³-hybridized carbons (Fsp3) is 0.538. The minimum absolute atomic E-state index is 0.0696. The number of hydrogen-bond acceptors (Lipinski definition) is 4. The highest BCUT2D eigenvalue weighted by atomic mass is 32.2. The Morgan fingerprint density at radius 2 is 2.37 bits per heavy atom. The zero-order valence-corrected chi connectivity index (χ0v) is 12.4. The number of thiophene rings is 1. The van der Waals surface area contributed by atoms with E-state index in [-0.39, 0.29) is 24.4 Å². The standard InChI is InChI=1S/C13H16N2O2S2/c1-9-10-3-5-19-11(10)2-4-15(9)12(16)6-14-8-18-7-13(14)17/h3,5,9H,2,4,6-8H2,1H3/t9-/m1/s1. The molecule has 1 atom stereocenters. The number of carbonyl (C=O) groups is 2. The van der Waals surface area contributed by atoms with Crippen molar-refractivity contribution in [3.05, 3.63) is 21.9 Å². The molecule has 1 aromatic rings. The van der Waals surface area contributed by atoms with Crippen molar-refractivity contribution in [1.29, 1.82) is 0 Å². The summed E-state index contributed by atoms with van der Waals surface area (Å²) in [6.07, 6.45) is 0.936. The molecule has 1 aromatic heterocycles. The molecule has 6 heteroatoms.